The van der Waals surface area contributed by atoms with Gasteiger partial charge in [-0.1, -0.05) is 68.4 Å². The van der Waals surface area contributed by atoms with Crippen molar-refractivity contribution in [2.75, 3.05) is 0 Å². The lowest BCUT2D eigenvalue weighted by Gasteiger charge is -2.11. The van der Waals surface area contributed by atoms with E-state index in [1.165, 1.54) is 44.9 Å². The molecule has 0 saturated heterocycles. The highest BCUT2D eigenvalue weighted by Crippen LogP contribution is 2.37. The van der Waals surface area contributed by atoms with Gasteiger partial charge < -0.3 is 4.57 Å². The molecule has 1 nitrogen and oxygen atoms in total. The smallest absolute Gasteiger partial charge is 0.0497 e. The Morgan fingerprint density at radius 3 is 2.24 bits per heavy atom. The Kier molecular flexibility index (Phi) is 4.09. The third-order valence-electron chi connectivity index (χ3n) is 5.52. The van der Waals surface area contributed by atoms with Crippen LogP contribution >= 0.6 is 0 Å². The van der Waals surface area contributed by atoms with Crippen LogP contribution in [0.4, 0.5) is 0 Å². The fraction of sp³-hybridized carbons (Fsp3) is 0.250. The van der Waals surface area contributed by atoms with Crippen LogP contribution < -0.4 is 0 Å². The summed E-state index contributed by atoms with van der Waals surface area (Å²) in [5, 5.41) is 2.72. The quantitative estimate of drug-likeness (QED) is 0.380. The van der Waals surface area contributed by atoms with Crippen molar-refractivity contribution >= 4 is 21.8 Å². The van der Waals surface area contributed by atoms with E-state index in [-0.39, 0.29) is 0 Å². The van der Waals surface area contributed by atoms with Crippen molar-refractivity contribution in [3.05, 3.63) is 72.3 Å². The lowest BCUT2D eigenvalue weighted by molar-refractivity contribution is 0.734. The number of hydrogen-bond donors (Lipinski definition) is 0. The van der Waals surface area contributed by atoms with E-state index in [9.17, 15) is 0 Å². The van der Waals surface area contributed by atoms with Gasteiger partial charge >= 0.3 is 0 Å². The minimum absolute atomic E-state index is 0.617. The lowest BCUT2D eigenvalue weighted by atomic mass is 9.94. The SMILES string of the molecule is CCC(C)c1ccc(-c2cccc3c2c2ccccc2n3CC)cc1. The van der Waals surface area contributed by atoms with E-state index in [4.69, 9.17) is 0 Å². The average molecular weight is 327 g/mol. The Hall–Kier alpha value is -2.54. The summed E-state index contributed by atoms with van der Waals surface area (Å²) >= 11 is 0. The summed E-state index contributed by atoms with van der Waals surface area (Å²) in [6.45, 7) is 7.75. The molecule has 0 aliphatic carbocycles. The van der Waals surface area contributed by atoms with Gasteiger partial charge in [-0.05, 0) is 48.1 Å². The fourth-order valence-corrected chi connectivity index (χ4v) is 3.91. The normalized spacial score (nSPS) is 12.8. The molecule has 1 atom stereocenters. The van der Waals surface area contributed by atoms with E-state index in [1.807, 2.05) is 0 Å². The summed E-state index contributed by atoms with van der Waals surface area (Å²) in [7, 11) is 0. The first-order valence-electron chi connectivity index (χ1n) is 9.34. The van der Waals surface area contributed by atoms with E-state index < -0.39 is 0 Å². The van der Waals surface area contributed by atoms with Crippen LogP contribution in [0.2, 0.25) is 0 Å². The minimum Gasteiger partial charge on any atom is -0.341 e. The molecule has 4 rings (SSSR count). The molecule has 4 aromatic rings. The molecule has 0 radical (unpaired) electrons. The summed E-state index contributed by atoms with van der Waals surface area (Å²) in [6, 6.07) is 24.6. The topological polar surface area (TPSA) is 4.93 Å². The molecule has 1 heterocycles. The van der Waals surface area contributed by atoms with Crippen LogP contribution in [0.25, 0.3) is 32.9 Å². The number of nitrogens with zero attached hydrogens (tertiary/aromatic N) is 1. The molecule has 3 aromatic carbocycles. The van der Waals surface area contributed by atoms with E-state index >= 15 is 0 Å². The summed E-state index contributed by atoms with van der Waals surface area (Å²) < 4.78 is 2.42. The molecular formula is C24H25N. The molecule has 0 N–H and O–H groups in total. The zero-order chi connectivity index (χ0) is 17.4. The van der Waals surface area contributed by atoms with Crippen molar-refractivity contribution in [2.24, 2.45) is 0 Å². The third-order valence-corrected chi connectivity index (χ3v) is 5.52. The zero-order valence-corrected chi connectivity index (χ0v) is 15.3. The van der Waals surface area contributed by atoms with Crippen LogP contribution in [0.5, 0.6) is 0 Å². The number of hydrogen-bond acceptors (Lipinski definition) is 0. The van der Waals surface area contributed by atoms with Gasteiger partial charge in [0.1, 0.15) is 0 Å². The predicted octanol–water partition coefficient (Wildman–Crippen LogP) is 6.99. The number of aryl methyl sites for hydroxylation is 1. The van der Waals surface area contributed by atoms with Crippen LogP contribution in [0, 0.1) is 0 Å². The molecule has 1 aromatic heterocycles. The Labute approximate surface area is 149 Å². The Bertz CT molecular complexity index is 1020. The van der Waals surface area contributed by atoms with Gasteiger partial charge in [0.25, 0.3) is 0 Å². The van der Waals surface area contributed by atoms with Gasteiger partial charge in [0.2, 0.25) is 0 Å². The van der Waals surface area contributed by atoms with Crippen molar-refractivity contribution in [3.63, 3.8) is 0 Å². The van der Waals surface area contributed by atoms with Crippen molar-refractivity contribution in [1.29, 1.82) is 0 Å². The highest BCUT2D eigenvalue weighted by molar-refractivity contribution is 6.14. The van der Waals surface area contributed by atoms with Crippen molar-refractivity contribution in [2.45, 2.75) is 39.7 Å². The van der Waals surface area contributed by atoms with E-state index in [1.54, 1.807) is 0 Å². The summed E-state index contributed by atoms with van der Waals surface area (Å²) in [6.07, 6.45) is 1.18. The Morgan fingerprint density at radius 2 is 1.52 bits per heavy atom. The first-order chi connectivity index (χ1) is 12.2. The monoisotopic (exact) mass is 327 g/mol. The van der Waals surface area contributed by atoms with Crippen molar-refractivity contribution in [3.8, 4) is 11.1 Å². The molecule has 0 saturated carbocycles. The van der Waals surface area contributed by atoms with Gasteiger partial charge in [-0.25, -0.2) is 0 Å². The van der Waals surface area contributed by atoms with Crippen molar-refractivity contribution in [1.82, 2.24) is 4.57 Å². The Balaban J connectivity index is 1.96. The van der Waals surface area contributed by atoms with Crippen LogP contribution in [-0.2, 0) is 6.54 Å². The van der Waals surface area contributed by atoms with Gasteiger partial charge in [0, 0.05) is 28.4 Å². The number of benzene rings is 3. The second-order valence-corrected chi connectivity index (χ2v) is 6.89. The van der Waals surface area contributed by atoms with Gasteiger partial charge in [0.15, 0.2) is 0 Å². The Morgan fingerprint density at radius 1 is 0.800 bits per heavy atom. The lowest BCUT2D eigenvalue weighted by Crippen LogP contribution is -1.93. The predicted molar refractivity (Wildman–Crippen MR) is 109 cm³/mol. The van der Waals surface area contributed by atoms with E-state index in [0.717, 1.165) is 6.54 Å². The number of fused-ring (bicyclic) bond motifs is 3. The molecule has 1 unspecified atom stereocenters. The zero-order valence-electron chi connectivity index (χ0n) is 15.3. The maximum Gasteiger partial charge on any atom is 0.0497 e. The number of para-hydroxylation sites is 1. The van der Waals surface area contributed by atoms with Gasteiger partial charge in [-0.3, -0.25) is 0 Å². The van der Waals surface area contributed by atoms with E-state index in [2.05, 4.69) is 92.1 Å². The average Bonchev–Trinajstić information content (AvgIpc) is 3.01. The molecule has 0 spiro atoms. The minimum atomic E-state index is 0.617. The molecule has 0 fully saturated rings. The van der Waals surface area contributed by atoms with Crippen LogP contribution in [0.1, 0.15) is 38.7 Å². The largest absolute Gasteiger partial charge is 0.341 e. The maximum absolute atomic E-state index is 2.42. The summed E-state index contributed by atoms with van der Waals surface area (Å²) in [5.41, 5.74) is 6.71. The van der Waals surface area contributed by atoms with Gasteiger partial charge in [-0.15, -0.1) is 0 Å². The summed E-state index contributed by atoms with van der Waals surface area (Å²) in [4.78, 5) is 0. The molecule has 0 aliphatic rings. The van der Waals surface area contributed by atoms with E-state index in [0.29, 0.717) is 5.92 Å². The highest BCUT2D eigenvalue weighted by atomic mass is 15.0. The van der Waals surface area contributed by atoms with Crippen LogP contribution in [0.3, 0.4) is 0 Å². The number of aromatic nitrogens is 1. The van der Waals surface area contributed by atoms with Crippen LogP contribution in [-0.4, -0.2) is 4.57 Å². The second-order valence-electron chi connectivity index (χ2n) is 6.89. The molecule has 0 bridgehead atoms. The third kappa shape index (κ3) is 2.55. The molecule has 0 aliphatic heterocycles. The van der Waals surface area contributed by atoms with Gasteiger partial charge in [0.05, 0.1) is 0 Å². The first-order valence-corrected chi connectivity index (χ1v) is 9.34. The molecular weight excluding hydrogens is 302 g/mol. The standard InChI is InChI=1S/C24H25N/c1-4-17(3)18-13-15-19(16-14-18)20-10-8-12-23-24(20)21-9-6-7-11-22(21)25(23)5-2/h6-17H,4-5H2,1-3H3. The molecule has 126 valence electrons. The number of rotatable bonds is 4. The second kappa shape index (κ2) is 6.40. The maximum atomic E-state index is 2.42. The molecule has 1 heteroatoms. The summed E-state index contributed by atoms with van der Waals surface area (Å²) in [5.74, 6) is 0.617. The van der Waals surface area contributed by atoms with Crippen molar-refractivity contribution < 1.29 is 0 Å². The van der Waals surface area contributed by atoms with Gasteiger partial charge in [-0.2, -0.15) is 0 Å². The molecule has 0 amide bonds. The fourth-order valence-electron chi connectivity index (χ4n) is 3.91. The molecule has 25 heavy (non-hydrogen) atoms. The first kappa shape index (κ1) is 16.0. The van der Waals surface area contributed by atoms with Crippen LogP contribution in [0.15, 0.2) is 66.7 Å². The highest BCUT2D eigenvalue weighted by Gasteiger charge is 2.13.